The average Bonchev–Trinajstić information content (AvgIpc) is 2.46. The monoisotopic (exact) mass is 302 g/mol. The van der Waals surface area contributed by atoms with Crippen LogP contribution in [0.3, 0.4) is 0 Å². The molecule has 0 bridgehead atoms. The number of aromatic nitrogens is 1. The third-order valence-corrected chi connectivity index (χ3v) is 2.68. The molecule has 0 unspecified atom stereocenters. The van der Waals surface area contributed by atoms with E-state index in [0.717, 1.165) is 0 Å². The van der Waals surface area contributed by atoms with E-state index in [1.165, 1.54) is 6.20 Å². The SMILES string of the molecule is Cc1cccnc1NC(=O)c1c(F)c(F)c(F)c(F)c1F. The van der Waals surface area contributed by atoms with Crippen LogP contribution in [-0.4, -0.2) is 10.9 Å². The number of amides is 1. The van der Waals surface area contributed by atoms with Gasteiger partial charge in [-0.05, 0) is 18.6 Å². The van der Waals surface area contributed by atoms with Gasteiger partial charge >= 0.3 is 0 Å². The first-order valence-corrected chi connectivity index (χ1v) is 5.59. The van der Waals surface area contributed by atoms with Gasteiger partial charge in [0.2, 0.25) is 5.82 Å². The predicted octanol–water partition coefficient (Wildman–Crippen LogP) is 3.34. The van der Waals surface area contributed by atoms with Crippen molar-refractivity contribution in [2.75, 3.05) is 5.32 Å². The van der Waals surface area contributed by atoms with E-state index in [0.29, 0.717) is 5.56 Å². The summed E-state index contributed by atoms with van der Waals surface area (Å²) in [6.45, 7) is 1.54. The molecule has 0 spiro atoms. The fraction of sp³-hybridized carbons (Fsp3) is 0.0769. The van der Waals surface area contributed by atoms with Crippen LogP contribution >= 0.6 is 0 Å². The largest absolute Gasteiger partial charge is 0.306 e. The average molecular weight is 302 g/mol. The Morgan fingerprint density at radius 3 is 2.05 bits per heavy atom. The Kier molecular flexibility index (Phi) is 3.88. The number of halogens is 5. The van der Waals surface area contributed by atoms with E-state index in [2.05, 4.69) is 4.98 Å². The number of aryl methyl sites for hydroxylation is 1. The van der Waals surface area contributed by atoms with Gasteiger partial charge in [-0.3, -0.25) is 4.79 Å². The summed E-state index contributed by atoms with van der Waals surface area (Å²) in [5.41, 5.74) is -1.11. The molecule has 2 aromatic rings. The van der Waals surface area contributed by atoms with Gasteiger partial charge in [0.25, 0.3) is 5.91 Å². The highest BCUT2D eigenvalue weighted by Gasteiger charge is 2.29. The molecule has 2 rings (SSSR count). The number of nitrogens with zero attached hydrogens (tertiary/aromatic N) is 1. The van der Waals surface area contributed by atoms with Crippen LogP contribution in [0.1, 0.15) is 15.9 Å². The summed E-state index contributed by atoms with van der Waals surface area (Å²) in [5.74, 6) is -12.6. The van der Waals surface area contributed by atoms with Crippen LogP contribution < -0.4 is 5.32 Å². The number of anilines is 1. The van der Waals surface area contributed by atoms with Crippen LogP contribution in [0.25, 0.3) is 0 Å². The lowest BCUT2D eigenvalue weighted by Gasteiger charge is -2.09. The summed E-state index contributed by atoms with van der Waals surface area (Å²) in [7, 11) is 0. The van der Waals surface area contributed by atoms with E-state index in [9.17, 15) is 26.7 Å². The molecule has 0 atom stereocenters. The fourth-order valence-electron chi connectivity index (χ4n) is 1.59. The Bertz CT molecular complexity index is 704. The molecule has 8 heteroatoms. The quantitative estimate of drug-likeness (QED) is 0.525. The topological polar surface area (TPSA) is 42.0 Å². The molecule has 0 aliphatic heterocycles. The van der Waals surface area contributed by atoms with Gasteiger partial charge in [-0.2, -0.15) is 0 Å². The summed E-state index contributed by atoms with van der Waals surface area (Å²) >= 11 is 0. The molecule has 0 fully saturated rings. The standard InChI is InChI=1S/C13H7F5N2O/c1-5-3-2-4-19-12(5)20-13(21)6-7(14)9(16)11(18)10(17)8(6)15/h2-4H,1H3,(H,19,20,21). The number of hydrogen-bond donors (Lipinski definition) is 1. The van der Waals surface area contributed by atoms with Crippen molar-refractivity contribution >= 4 is 11.7 Å². The van der Waals surface area contributed by atoms with E-state index >= 15 is 0 Å². The number of nitrogens with one attached hydrogen (secondary N) is 1. The van der Waals surface area contributed by atoms with Crippen molar-refractivity contribution in [1.29, 1.82) is 0 Å². The molecular formula is C13H7F5N2O. The smallest absolute Gasteiger partial charge is 0.263 e. The Morgan fingerprint density at radius 2 is 1.52 bits per heavy atom. The van der Waals surface area contributed by atoms with E-state index in [1.54, 1.807) is 19.1 Å². The predicted molar refractivity (Wildman–Crippen MR) is 63.2 cm³/mol. The van der Waals surface area contributed by atoms with Gasteiger partial charge in [-0.1, -0.05) is 6.07 Å². The normalized spacial score (nSPS) is 10.6. The van der Waals surface area contributed by atoms with Crippen molar-refractivity contribution in [3.8, 4) is 0 Å². The Morgan fingerprint density at radius 1 is 1.00 bits per heavy atom. The second-order valence-electron chi connectivity index (χ2n) is 4.07. The van der Waals surface area contributed by atoms with Crippen molar-refractivity contribution in [3.63, 3.8) is 0 Å². The van der Waals surface area contributed by atoms with Gasteiger partial charge < -0.3 is 5.32 Å². The minimum absolute atomic E-state index is 0.0496. The minimum atomic E-state index is -2.32. The Labute approximate surface area is 115 Å². The maximum absolute atomic E-state index is 13.5. The lowest BCUT2D eigenvalue weighted by atomic mass is 10.1. The zero-order valence-corrected chi connectivity index (χ0v) is 10.5. The van der Waals surface area contributed by atoms with Crippen molar-refractivity contribution in [3.05, 3.63) is 58.5 Å². The molecule has 1 heterocycles. The highest BCUT2D eigenvalue weighted by Crippen LogP contribution is 2.24. The summed E-state index contributed by atoms with van der Waals surface area (Å²) in [5, 5.41) is 2.00. The van der Waals surface area contributed by atoms with E-state index < -0.39 is 40.6 Å². The first-order chi connectivity index (χ1) is 9.84. The number of carbonyl (C=O) groups excluding carboxylic acids is 1. The number of benzene rings is 1. The van der Waals surface area contributed by atoms with Crippen LogP contribution in [0.2, 0.25) is 0 Å². The lowest BCUT2D eigenvalue weighted by molar-refractivity contribution is 0.101. The molecule has 1 aromatic carbocycles. The van der Waals surface area contributed by atoms with Gasteiger partial charge in [0.1, 0.15) is 11.4 Å². The molecule has 0 saturated heterocycles. The van der Waals surface area contributed by atoms with E-state index in [4.69, 9.17) is 0 Å². The third-order valence-electron chi connectivity index (χ3n) is 2.68. The zero-order chi connectivity index (χ0) is 15.7. The molecule has 3 nitrogen and oxygen atoms in total. The molecule has 0 aliphatic rings. The lowest BCUT2D eigenvalue weighted by Crippen LogP contribution is -2.20. The minimum Gasteiger partial charge on any atom is -0.306 e. The van der Waals surface area contributed by atoms with E-state index in [-0.39, 0.29) is 5.82 Å². The first kappa shape index (κ1) is 14.9. The van der Waals surface area contributed by atoms with Crippen molar-refractivity contribution < 1.29 is 26.7 Å². The molecular weight excluding hydrogens is 295 g/mol. The molecule has 1 aromatic heterocycles. The van der Waals surface area contributed by atoms with Crippen LogP contribution in [0.4, 0.5) is 27.8 Å². The highest BCUT2D eigenvalue weighted by atomic mass is 19.2. The maximum Gasteiger partial charge on any atom is 0.263 e. The van der Waals surface area contributed by atoms with E-state index in [1.807, 2.05) is 5.32 Å². The van der Waals surface area contributed by atoms with Crippen LogP contribution in [0.15, 0.2) is 18.3 Å². The Balaban J connectivity index is 2.48. The second-order valence-corrected chi connectivity index (χ2v) is 4.07. The van der Waals surface area contributed by atoms with Gasteiger partial charge in [0, 0.05) is 6.20 Å². The zero-order valence-electron chi connectivity index (χ0n) is 10.5. The molecule has 21 heavy (non-hydrogen) atoms. The summed E-state index contributed by atoms with van der Waals surface area (Å²) in [6.07, 6.45) is 1.29. The molecule has 0 radical (unpaired) electrons. The number of rotatable bonds is 2. The number of carbonyl (C=O) groups is 1. The molecule has 110 valence electrons. The third kappa shape index (κ3) is 2.56. The van der Waals surface area contributed by atoms with Gasteiger partial charge in [-0.15, -0.1) is 0 Å². The molecule has 1 N–H and O–H groups in total. The summed E-state index contributed by atoms with van der Waals surface area (Å²) < 4.78 is 65.8. The van der Waals surface area contributed by atoms with Crippen LogP contribution in [-0.2, 0) is 0 Å². The molecule has 0 saturated carbocycles. The number of pyridine rings is 1. The van der Waals surface area contributed by atoms with Gasteiger partial charge in [0.15, 0.2) is 23.3 Å². The highest BCUT2D eigenvalue weighted by molar-refractivity contribution is 6.04. The maximum atomic E-state index is 13.5. The van der Waals surface area contributed by atoms with Crippen molar-refractivity contribution in [2.45, 2.75) is 6.92 Å². The first-order valence-electron chi connectivity index (χ1n) is 5.59. The Hall–Kier alpha value is -2.51. The summed E-state index contributed by atoms with van der Waals surface area (Å²) in [6, 6.07) is 3.09. The summed E-state index contributed by atoms with van der Waals surface area (Å²) in [4.78, 5) is 15.5. The molecule has 0 aliphatic carbocycles. The van der Waals surface area contributed by atoms with Gasteiger partial charge in [-0.25, -0.2) is 26.9 Å². The van der Waals surface area contributed by atoms with Gasteiger partial charge in [0.05, 0.1) is 0 Å². The van der Waals surface area contributed by atoms with Crippen LogP contribution in [0.5, 0.6) is 0 Å². The molecule has 1 amide bonds. The second kappa shape index (κ2) is 5.47. The van der Waals surface area contributed by atoms with Crippen molar-refractivity contribution in [1.82, 2.24) is 4.98 Å². The fourth-order valence-corrected chi connectivity index (χ4v) is 1.59. The van der Waals surface area contributed by atoms with Crippen molar-refractivity contribution in [2.24, 2.45) is 0 Å². The number of hydrogen-bond acceptors (Lipinski definition) is 2. The van der Waals surface area contributed by atoms with Crippen LogP contribution in [0, 0.1) is 36.0 Å².